The van der Waals surface area contributed by atoms with Crippen molar-refractivity contribution < 1.29 is 14.7 Å². The molecule has 4 nitrogen and oxygen atoms in total. The number of rotatable bonds is 6. The quantitative estimate of drug-likeness (QED) is 0.849. The summed E-state index contributed by atoms with van der Waals surface area (Å²) in [5, 5.41) is 9.83. The van der Waals surface area contributed by atoms with Crippen LogP contribution in [0.1, 0.15) is 63.4 Å². The summed E-state index contributed by atoms with van der Waals surface area (Å²) in [6.45, 7) is 1.09. The lowest BCUT2D eigenvalue weighted by Gasteiger charge is -2.39. The van der Waals surface area contributed by atoms with E-state index in [1.165, 1.54) is 32.1 Å². The standard InChI is InChI=1S/C21H29NO3/c23-19(12-6-9-17-7-4-5-8-17)22-15-13-21(14-16-22,20(24)25)18-10-2-1-3-11-18/h1-3,10-11,17H,4-9,12-16H2,(H,24,25). The minimum Gasteiger partial charge on any atom is -0.481 e. The molecule has 1 aromatic rings. The number of carbonyl (C=O) groups excluding carboxylic acids is 1. The molecule has 1 aromatic carbocycles. The molecule has 1 heterocycles. The van der Waals surface area contributed by atoms with E-state index in [4.69, 9.17) is 0 Å². The number of hydrogen-bond donors (Lipinski definition) is 1. The molecule has 1 N–H and O–H groups in total. The van der Waals surface area contributed by atoms with Crippen molar-refractivity contribution in [3.63, 3.8) is 0 Å². The summed E-state index contributed by atoms with van der Waals surface area (Å²) in [5.41, 5.74) is 0.0119. The third kappa shape index (κ3) is 4.05. The Kier molecular flexibility index (Phi) is 5.77. The molecule has 136 valence electrons. The van der Waals surface area contributed by atoms with Crippen LogP contribution in [0.3, 0.4) is 0 Å². The summed E-state index contributed by atoms with van der Waals surface area (Å²) in [6, 6.07) is 9.48. The largest absolute Gasteiger partial charge is 0.481 e. The van der Waals surface area contributed by atoms with Crippen LogP contribution in [0, 0.1) is 5.92 Å². The maximum atomic E-state index is 12.5. The van der Waals surface area contributed by atoms with Crippen molar-refractivity contribution in [2.75, 3.05) is 13.1 Å². The van der Waals surface area contributed by atoms with Crippen LogP contribution in [0.2, 0.25) is 0 Å². The zero-order chi connectivity index (χ0) is 17.7. The smallest absolute Gasteiger partial charge is 0.314 e. The molecule has 0 spiro atoms. The van der Waals surface area contributed by atoms with Crippen LogP contribution in [0.5, 0.6) is 0 Å². The van der Waals surface area contributed by atoms with Gasteiger partial charge >= 0.3 is 5.97 Å². The Morgan fingerprint density at radius 1 is 1.08 bits per heavy atom. The van der Waals surface area contributed by atoms with Crippen molar-refractivity contribution in [3.05, 3.63) is 35.9 Å². The van der Waals surface area contributed by atoms with E-state index in [2.05, 4.69) is 0 Å². The van der Waals surface area contributed by atoms with Crippen LogP contribution in [-0.4, -0.2) is 35.0 Å². The van der Waals surface area contributed by atoms with Crippen LogP contribution < -0.4 is 0 Å². The van der Waals surface area contributed by atoms with Gasteiger partial charge in [0.05, 0.1) is 5.41 Å². The van der Waals surface area contributed by atoms with E-state index >= 15 is 0 Å². The minimum atomic E-state index is -0.845. The van der Waals surface area contributed by atoms with Gasteiger partial charge in [0.2, 0.25) is 5.91 Å². The van der Waals surface area contributed by atoms with Crippen molar-refractivity contribution >= 4 is 11.9 Å². The summed E-state index contributed by atoms with van der Waals surface area (Å²) in [7, 11) is 0. The molecular formula is C21H29NO3. The normalized spacial score (nSPS) is 20.6. The van der Waals surface area contributed by atoms with Gasteiger partial charge in [0, 0.05) is 19.5 Å². The van der Waals surface area contributed by atoms with Gasteiger partial charge < -0.3 is 10.0 Å². The van der Waals surface area contributed by atoms with Gasteiger partial charge in [-0.25, -0.2) is 0 Å². The highest BCUT2D eigenvalue weighted by molar-refractivity contribution is 5.82. The molecule has 3 rings (SSSR count). The van der Waals surface area contributed by atoms with Crippen LogP contribution in [0.4, 0.5) is 0 Å². The van der Waals surface area contributed by atoms with Gasteiger partial charge in [-0.1, -0.05) is 56.0 Å². The van der Waals surface area contributed by atoms with Gasteiger partial charge in [-0.05, 0) is 37.2 Å². The number of likely N-dealkylation sites (tertiary alicyclic amines) is 1. The molecule has 1 saturated heterocycles. The number of benzene rings is 1. The average molecular weight is 343 g/mol. The molecular weight excluding hydrogens is 314 g/mol. The van der Waals surface area contributed by atoms with Crippen LogP contribution >= 0.6 is 0 Å². The van der Waals surface area contributed by atoms with Gasteiger partial charge in [0.15, 0.2) is 0 Å². The van der Waals surface area contributed by atoms with E-state index in [0.717, 1.165) is 17.9 Å². The lowest BCUT2D eigenvalue weighted by Crippen LogP contribution is -2.49. The predicted octanol–water partition coefficient (Wildman–Crippen LogP) is 3.99. The molecule has 2 aliphatic rings. The van der Waals surface area contributed by atoms with E-state index in [9.17, 15) is 14.7 Å². The summed E-state index contributed by atoms with van der Waals surface area (Å²) in [6.07, 6.45) is 9.12. The summed E-state index contributed by atoms with van der Waals surface area (Å²) in [4.78, 5) is 26.3. The van der Waals surface area contributed by atoms with Crippen molar-refractivity contribution in [1.29, 1.82) is 0 Å². The number of hydrogen-bond acceptors (Lipinski definition) is 2. The monoisotopic (exact) mass is 343 g/mol. The molecule has 0 radical (unpaired) electrons. The zero-order valence-electron chi connectivity index (χ0n) is 15.0. The molecule has 25 heavy (non-hydrogen) atoms. The Bertz CT molecular complexity index is 584. The number of amides is 1. The minimum absolute atomic E-state index is 0.199. The average Bonchev–Trinajstić information content (AvgIpc) is 3.15. The van der Waals surface area contributed by atoms with Crippen molar-refractivity contribution in [2.24, 2.45) is 5.92 Å². The second kappa shape index (κ2) is 8.03. The molecule has 0 unspecified atom stereocenters. The first-order valence-electron chi connectivity index (χ1n) is 9.68. The molecule has 2 fully saturated rings. The van der Waals surface area contributed by atoms with Gasteiger partial charge in [-0.15, -0.1) is 0 Å². The van der Waals surface area contributed by atoms with Gasteiger partial charge in [-0.3, -0.25) is 9.59 Å². The highest BCUT2D eigenvalue weighted by atomic mass is 16.4. The second-order valence-corrected chi connectivity index (χ2v) is 7.68. The first kappa shape index (κ1) is 18.0. The highest BCUT2D eigenvalue weighted by Crippen LogP contribution is 2.36. The topological polar surface area (TPSA) is 57.6 Å². The Hall–Kier alpha value is -1.84. The van der Waals surface area contributed by atoms with Crippen molar-refractivity contribution in [2.45, 2.75) is 63.2 Å². The van der Waals surface area contributed by atoms with Crippen LogP contribution in [0.15, 0.2) is 30.3 Å². The highest BCUT2D eigenvalue weighted by Gasteiger charge is 2.43. The fourth-order valence-electron chi connectivity index (χ4n) is 4.52. The van der Waals surface area contributed by atoms with Gasteiger partial charge in [-0.2, -0.15) is 0 Å². The van der Waals surface area contributed by atoms with E-state index in [-0.39, 0.29) is 5.91 Å². The summed E-state index contributed by atoms with van der Waals surface area (Å²) in [5.74, 6) is 0.254. The SMILES string of the molecule is O=C(CCCC1CCCC1)N1CCC(C(=O)O)(c2ccccc2)CC1. The lowest BCUT2D eigenvalue weighted by atomic mass is 9.73. The van der Waals surface area contributed by atoms with Crippen molar-refractivity contribution in [1.82, 2.24) is 4.90 Å². The molecule has 1 saturated carbocycles. The summed E-state index contributed by atoms with van der Waals surface area (Å²) >= 11 is 0. The number of piperidine rings is 1. The number of aliphatic carboxylic acids is 1. The van der Waals surface area contributed by atoms with Gasteiger partial charge in [0.25, 0.3) is 0 Å². The van der Waals surface area contributed by atoms with E-state index in [0.29, 0.717) is 32.4 Å². The number of carboxylic acids is 1. The molecule has 4 heteroatoms. The lowest BCUT2D eigenvalue weighted by molar-refractivity contribution is -0.148. The fourth-order valence-corrected chi connectivity index (χ4v) is 4.52. The van der Waals surface area contributed by atoms with Crippen LogP contribution in [0.25, 0.3) is 0 Å². The maximum Gasteiger partial charge on any atom is 0.314 e. The number of carbonyl (C=O) groups is 2. The Morgan fingerprint density at radius 2 is 1.72 bits per heavy atom. The first-order chi connectivity index (χ1) is 12.1. The third-order valence-corrected chi connectivity index (χ3v) is 6.18. The predicted molar refractivity (Wildman–Crippen MR) is 97.4 cm³/mol. The third-order valence-electron chi connectivity index (χ3n) is 6.18. The fraction of sp³-hybridized carbons (Fsp3) is 0.619. The van der Waals surface area contributed by atoms with E-state index in [1.807, 2.05) is 35.2 Å². The number of carboxylic acid groups (broad SMARTS) is 1. The molecule has 0 aromatic heterocycles. The Morgan fingerprint density at radius 3 is 2.32 bits per heavy atom. The van der Waals surface area contributed by atoms with Crippen molar-refractivity contribution in [3.8, 4) is 0 Å². The number of nitrogens with zero attached hydrogens (tertiary/aromatic N) is 1. The Labute approximate surface area is 150 Å². The molecule has 0 bridgehead atoms. The van der Waals surface area contributed by atoms with E-state index in [1.54, 1.807) is 0 Å². The second-order valence-electron chi connectivity index (χ2n) is 7.68. The maximum absolute atomic E-state index is 12.5. The molecule has 1 aliphatic heterocycles. The first-order valence-corrected chi connectivity index (χ1v) is 9.68. The molecule has 0 atom stereocenters. The molecule has 1 aliphatic carbocycles. The van der Waals surface area contributed by atoms with Crippen LogP contribution in [-0.2, 0) is 15.0 Å². The van der Waals surface area contributed by atoms with E-state index < -0.39 is 11.4 Å². The van der Waals surface area contributed by atoms with Gasteiger partial charge in [0.1, 0.15) is 0 Å². The Balaban J connectivity index is 1.53. The summed E-state index contributed by atoms with van der Waals surface area (Å²) < 4.78 is 0. The molecule has 1 amide bonds. The zero-order valence-corrected chi connectivity index (χ0v) is 15.0.